The van der Waals surface area contributed by atoms with Crippen LogP contribution in [0, 0.1) is 16.0 Å². The van der Waals surface area contributed by atoms with Crippen molar-refractivity contribution < 1.29 is 4.92 Å². The molecule has 0 saturated heterocycles. The van der Waals surface area contributed by atoms with Gasteiger partial charge < -0.3 is 5.32 Å². The third-order valence-corrected chi connectivity index (χ3v) is 3.44. The van der Waals surface area contributed by atoms with Gasteiger partial charge in [0.1, 0.15) is 5.02 Å². The Morgan fingerprint density at radius 3 is 2.61 bits per heavy atom. The van der Waals surface area contributed by atoms with Crippen LogP contribution in [0.1, 0.15) is 32.3 Å². The number of rotatable bonds is 7. The Hall–Kier alpha value is -1.13. The first-order valence-corrected chi connectivity index (χ1v) is 6.59. The summed E-state index contributed by atoms with van der Waals surface area (Å²) in [5.74, 6) is 0.660. The maximum Gasteiger partial charge on any atom is 0.288 e. The van der Waals surface area contributed by atoms with Crippen molar-refractivity contribution in [1.29, 1.82) is 0 Å². The molecular weight excluding hydrogens is 252 g/mol. The molecule has 0 aliphatic heterocycles. The Labute approximate surface area is 112 Å². The lowest BCUT2D eigenvalue weighted by Crippen LogP contribution is -2.21. The second-order valence-electron chi connectivity index (χ2n) is 4.36. The Balaban J connectivity index is 2.58. The number of nitrogens with zero attached hydrogens (tertiary/aromatic N) is 1. The van der Waals surface area contributed by atoms with E-state index in [1.54, 1.807) is 6.07 Å². The third kappa shape index (κ3) is 4.27. The van der Waals surface area contributed by atoms with E-state index in [9.17, 15) is 10.1 Å². The Bertz CT molecular complexity index is 406. The summed E-state index contributed by atoms with van der Waals surface area (Å²) in [6.07, 6.45) is 2.29. The van der Waals surface area contributed by atoms with Gasteiger partial charge in [0, 0.05) is 12.6 Å². The molecular formula is C13H19ClN2O2. The highest BCUT2D eigenvalue weighted by Gasteiger charge is 2.12. The van der Waals surface area contributed by atoms with Crippen LogP contribution < -0.4 is 5.32 Å². The van der Waals surface area contributed by atoms with Crippen molar-refractivity contribution in [2.75, 3.05) is 6.54 Å². The monoisotopic (exact) mass is 270 g/mol. The molecule has 5 heteroatoms. The molecule has 1 aromatic carbocycles. The highest BCUT2D eigenvalue weighted by molar-refractivity contribution is 6.32. The van der Waals surface area contributed by atoms with Gasteiger partial charge in [0.25, 0.3) is 5.69 Å². The summed E-state index contributed by atoms with van der Waals surface area (Å²) in [6.45, 7) is 5.91. The van der Waals surface area contributed by atoms with Crippen molar-refractivity contribution in [1.82, 2.24) is 5.32 Å². The average Bonchev–Trinajstić information content (AvgIpc) is 2.36. The maximum atomic E-state index is 10.7. The second kappa shape index (κ2) is 7.34. The first-order chi connectivity index (χ1) is 8.58. The molecule has 0 amide bonds. The summed E-state index contributed by atoms with van der Waals surface area (Å²) in [5, 5.41) is 14.3. The minimum atomic E-state index is -0.452. The van der Waals surface area contributed by atoms with Crippen LogP contribution in [0.2, 0.25) is 5.02 Å². The van der Waals surface area contributed by atoms with Gasteiger partial charge in [-0.1, -0.05) is 44.4 Å². The number of nitrogens with one attached hydrogen (secondary N) is 1. The Kier molecular flexibility index (Phi) is 6.09. The van der Waals surface area contributed by atoms with Gasteiger partial charge in [-0.2, -0.15) is 0 Å². The molecule has 100 valence electrons. The fourth-order valence-corrected chi connectivity index (χ4v) is 1.99. The van der Waals surface area contributed by atoms with Crippen molar-refractivity contribution in [2.45, 2.75) is 33.2 Å². The maximum absolute atomic E-state index is 10.7. The van der Waals surface area contributed by atoms with Gasteiger partial charge in [-0.05, 0) is 24.1 Å². The molecule has 0 aliphatic carbocycles. The summed E-state index contributed by atoms with van der Waals surface area (Å²) in [4.78, 5) is 10.3. The molecule has 0 heterocycles. The highest BCUT2D eigenvalue weighted by Crippen LogP contribution is 2.24. The van der Waals surface area contributed by atoms with E-state index in [0.717, 1.165) is 24.9 Å². The van der Waals surface area contributed by atoms with E-state index < -0.39 is 4.92 Å². The summed E-state index contributed by atoms with van der Waals surface area (Å²) < 4.78 is 0. The smallest absolute Gasteiger partial charge is 0.288 e. The Morgan fingerprint density at radius 2 is 2.06 bits per heavy atom. The number of hydrogen-bond donors (Lipinski definition) is 1. The first kappa shape index (κ1) is 14.9. The molecule has 1 rings (SSSR count). The molecule has 0 saturated carbocycles. The number of hydrogen-bond acceptors (Lipinski definition) is 3. The van der Waals surface area contributed by atoms with E-state index in [-0.39, 0.29) is 10.7 Å². The van der Waals surface area contributed by atoms with Crippen LogP contribution >= 0.6 is 11.6 Å². The zero-order chi connectivity index (χ0) is 13.5. The lowest BCUT2D eigenvalue weighted by molar-refractivity contribution is -0.384. The van der Waals surface area contributed by atoms with Crippen molar-refractivity contribution in [3.8, 4) is 0 Å². The van der Waals surface area contributed by atoms with Crippen LogP contribution in [-0.2, 0) is 6.54 Å². The molecule has 4 nitrogen and oxygen atoms in total. The van der Waals surface area contributed by atoms with E-state index in [2.05, 4.69) is 19.2 Å². The van der Waals surface area contributed by atoms with Crippen molar-refractivity contribution in [2.24, 2.45) is 5.92 Å². The highest BCUT2D eigenvalue weighted by atomic mass is 35.5. The van der Waals surface area contributed by atoms with Crippen molar-refractivity contribution in [3.05, 3.63) is 38.9 Å². The van der Waals surface area contributed by atoms with E-state index >= 15 is 0 Å². The second-order valence-corrected chi connectivity index (χ2v) is 4.76. The minimum absolute atomic E-state index is 0.0292. The fraction of sp³-hybridized carbons (Fsp3) is 0.538. The first-order valence-electron chi connectivity index (χ1n) is 6.22. The molecule has 0 radical (unpaired) electrons. The minimum Gasteiger partial charge on any atom is -0.312 e. The molecule has 0 aromatic heterocycles. The normalized spacial score (nSPS) is 10.9. The standard InChI is InChI=1S/C13H19ClN2O2/c1-3-10(4-2)8-15-9-11-5-6-12(14)13(7-11)16(17)18/h5-7,10,15H,3-4,8-9H2,1-2H3. The van der Waals surface area contributed by atoms with Crippen LogP contribution in [-0.4, -0.2) is 11.5 Å². The van der Waals surface area contributed by atoms with Crippen LogP contribution in [0.15, 0.2) is 18.2 Å². The average molecular weight is 271 g/mol. The largest absolute Gasteiger partial charge is 0.312 e. The van der Waals surface area contributed by atoms with Gasteiger partial charge in [0.05, 0.1) is 4.92 Å². The van der Waals surface area contributed by atoms with E-state index in [1.165, 1.54) is 6.07 Å². The number of halogens is 1. The van der Waals surface area contributed by atoms with Crippen LogP contribution in [0.4, 0.5) is 5.69 Å². The molecule has 1 aromatic rings. The topological polar surface area (TPSA) is 55.2 Å². The van der Waals surface area contributed by atoms with Gasteiger partial charge >= 0.3 is 0 Å². The Morgan fingerprint density at radius 1 is 1.39 bits per heavy atom. The van der Waals surface area contributed by atoms with Crippen LogP contribution in [0.3, 0.4) is 0 Å². The van der Waals surface area contributed by atoms with Crippen LogP contribution in [0.5, 0.6) is 0 Å². The zero-order valence-electron chi connectivity index (χ0n) is 10.8. The van der Waals surface area contributed by atoms with E-state index in [4.69, 9.17) is 11.6 Å². The predicted octanol–water partition coefficient (Wildman–Crippen LogP) is 3.77. The van der Waals surface area contributed by atoms with Crippen LogP contribution in [0.25, 0.3) is 0 Å². The molecule has 1 N–H and O–H groups in total. The van der Waals surface area contributed by atoms with Crippen molar-refractivity contribution >= 4 is 17.3 Å². The molecule has 0 spiro atoms. The van der Waals surface area contributed by atoms with Gasteiger partial charge in [0.15, 0.2) is 0 Å². The van der Waals surface area contributed by atoms with E-state index in [1.807, 2.05) is 6.07 Å². The lowest BCUT2D eigenvalue weighted by atomic mass is 10.0. The molecule has 0 unspecified atom stereocenters. The quantitative estimate of drug-likeness (QED) is 0.606. The van der Waals surface area contributed by atoms with Gasteiger partial charge in [-0.15, -0.1) is 0 Å². The van der Waals surface area contributed by atoms with Gasteiger partial charge in [-0.3, -0.25) is 10.1 Å². The summed E-state index contributed by atoms with van der Waals surface area (Å²) in [6, 6.07) is 4.92. The van der Waals surface area contributed by atoms with Gasteiger partial charge in [0.2, 0.25) is 0 Å². The zero-order valence-corrected chi connectivity index (χ0v) is 11.5. The fourth-order valence-electron chi connectivity index (χ4n) is 1.81. The lowest BCUT2D eigenvalue weighted by Gasteiger charge is -2.13. The van der Waals surface area contributed by atoms with Gasteiger partial charge in [-0.25, -0.2) is 0 Å². The molecule has 0 atom stereocenters. The molecule has 18 heavy (non-hydrogen) atoms. The third-order valence-electron chi connectivity index (χ3n) is 3.12. The number of nitro groups is 1. The summed E-state index contributed by atoms with van der Waals surface area (Å²) in [7, 11) is 0. The van der Waals surface area contributed by atoms with Crippen molar-refractivity contribution in [3.63, 3.8) is 0 Å². The predicted molar refractivity (Wildman–Crippen MR) is 73.9 cm³/mol. The number of nitro benzene ring substituents is 1. The molecule has 0 bridgehead atoms. The summed E-state index contributed by atoms with van der Waals surface area (Å²) >= 11 is 5.76. The SMILES string of the molecule is CCC(CC)CNCc1ccc(Cl)c([N+](=O)[O-])c1. The molecule has 0 fully saturated rings. The summed E-state index contributed by atoms with van der Waals surface area (Å²) in [5.41, 5.74) is 0.857. The molecule has 0 aliphatic rings. The number of benzene rings is 1. The van der Waals surface area contributed by atoms with E-state index in [0.29, 0.717) is 12.5 Å².